The van der Waals surface area contributed by atoms with Gasteiger partial charge in [-0.2, -0.15) is 0 Å². The second-order valence-electron chi connectivity index (χ2n) is 9.18. The number of carboxylic acids is 1. The van der Waals surface area contributed by atoms with Crippen molar-refractivity contribution in [1.82, 2.24) is 4.90 Å². The molecule has 1 N–H and O–H groups in total. The quantitative estimate of drug-likeness (QED) is 0.197. The number of aromatic carboxylic acids is 1. The molecule has 0 aromatic heterocycles. The molecule has 5 rings (SSSR count). The number of rotatable bonds is 9. The molecule has 1 aliphatic heterocycles. The summed E-state index contributed by atoms with van der Waals surface area (Å²) in [4.78, 5) is 31.6. The molecular formula is C32H24Cl2N2O4S. The second-order valence-corrected chi connectivity index (χ2v) is 11.0. The summed E-state index contributed by atoms with van der Waals surface area (Å²) in [6, 6.07) is 29.4. The Morgan fingerprint density at radius 2 is 1.49 bits per heavy atom. The molecule has 4 aromatic rings. The number of carbonyl (C=O) groups excluding carboxylic acids is 1. The molecule has 9 heteroatoms. The van der Waals surface area contributed by atoms with Crippen molar-refractivity contribution in [3.8, 4) is 5.75 Å². The highest BCUT2D eigenvalue weighted by molar-refractivity contribution is 8.18. The number of ether oxygens (including phenoxy) is 1. The lowest BCUT2D eigenvalue weighted by Crippen LogP contribution is -2.28. The summed E-state index contributed by atoms with van der Waals surface area (Å²) in [5, 5.41) is 10.3. The van der Waals surface area contributed by atoms with Gasteiger partial charge in [-0.15, -0.1) is 0 Å². The topological polar surface area (TPSA) is 79.2 Å². The minimum absolute atomic E-state index is 0.150. The molecule has 1 amide bonds. The molecule has 6 nitrogen and oxygen atoms in total. The van der Waals surface area contributed by atoms with Crippen LogP contribution in [-0.4, -0.2) is 27.1 Å². The number of carbonyl (C=O) groups is 2. The van der Waals surface area contributed by atoms with Gasteiger partial charge in [-0.05, 0) is 64.4 Å². The SMILES string of the molecule is O=C(O)c1ccc(COc2c(Cl)cc(/C=C3/SC(=NCc4ccccc4)N(Cc4ccccc4)C3=O)cc2Cl)cc1. The van der Waals surface area contributed by atoms with Crippen LogP contribution >= 0.6 is 35.0 Å². The van der Waals surface area contributed by atoms with Crippen LogP contribution in [0.15, 0.2) is 107 Å². The van der Waals surface area contributed by atoms with Gasteiger partial charge in [0.1, 0.15) is 6.61 Å². The van der Waals surface area contributed by atoms with Crippen LogP contribution in [0.25, 0.3) is 6.08 Å². The largest absolute Gasteiger partial charge is 0.486 e. The van der Waals surface area contributed by atoms with Crippen LogP contribution in [0.4, 0.5) is 0 Å². The lowest BCUT2D eigenvalue weighted by Gasteiger charge is -2.15. The first kappa shape index (κ1) is 28.5. The fourth-order valence-electron chi connectivity index (χ4n) is 4.12. The van der Waals surface area contributed by atoms with Gasteiger partial charge in [-0.25, -0.2) is 4.79 Å². The van der Waals surface area contributed by atoms with Gasteiger partial charge in [0.25, 0.3) is 5.91 Å². The summed E-state index contributed by atoms with van der Waals surface area (Å²) >= 11 is 14.4. The molecule has 0 atom stereocenters. The molecule has 1 aliphatic rings. The van der Waals surface area contributed by atoms with E-state index in [4.69, 9.17) is 38.0 Å². The molecule has 1 fully saturated rings. The molecule has 0 saturated carbocycles. The number of hydrogen-bond donors (Lipinski definition) is 1. The average molecular weight is 604 g/mol. The molecule has 1 saturated heterocycles. The van der Waals surface area contributed by atoms with Crippen molar-refractivity contribution < 1.29 is 19.4 Å². The summed E-state index contributed by atoms with van der Waals surface area (Å²) < 4.78 is 5.84. The molecule has 0 aliphatic carbocycles. The van der Waals surface area contributed by atoms with Crippen molar-refractivity contribution in [2.24, 2.45) is 4.99 Å². The number of halogens is 2. The fraction of sp³-hybridized carbons (Fsp3) is 0.0938. The summed E-state index contributed by atoms with van der Waals surface area (Å²) in [7, 11) is 0. The molecule has 41 heavy (non-hydrogen) atoms. The van der Waals surface area contributed by atoms with E-state index in [1.165, 1.54) is 23.9 Å². The van der Waals surface area contributed by atoms with Crippen molar-refractivity contribution in [2.45, 2.75) is 19.7 Å². The summed E-state index contributed by atoms with van der Waals surface area (Å²) in [6.07, 6.45) is 1.75. The van der Waals surface area contributed by atoms with E-state index < -0.39 is 5.97 Å². The van der Waals surface area contributed by atoms with E-state index in [1.54, 1.807) is 35.2 Å². The second kappa shape index (κ2) is 13.1. The number of carboxylic acid groups (broad SMARTS) is 1. The Balaban J connectivity index is 1.36. The maximum Gasteiger partial charge on any atom is 0.335 e. The molecule has 4 aromatic carbocycles. The normalized spacial score (nSPS) is 15.1. The number of benzene rings is 4. The van der Waals surface area contributed by atoms with Crippen LogP contribution in [0.5, 0.6) is 5.75 Å². The van der Waals surface area contributed by atoms with Crippen LogP contribution in [0.2, 0.25) is 10.0 Å². The van der Waals surface area contributed by atoms with Gasteiger partial charge < -0.3 is 9.84 Å². The van der Waals surface area contributed by atoms with Crippen LogP contribution in [0.1, 0.15) is 32.6 Å². The van der Waals surface area contributed by atoms with E-state index in [2.05, 4.69) is 0 Å². The average Bonchev–Trinajstić information content (AvgIpc) is 3.26. The third-order valence-corrected chi connectivity index (χ3v) is 7.82. The third-order valence-electron chi connectivity index (χ3n) is 6.21. The zero-order valence-electron chi connectivity index (χ0n) is 21.7. The van der Waals surface area contributed by atoms with Gasteiger partial charge in [0.2, 0.25) is 0 Å². The minimum atomic E-state index is -0.995. The predicted octanol–water partition coefficient (Wildman–Crippen LogP) is 7.94. The van der Waals surface area contributed by atoms with Crippen molar-refractivity contribution in [2.75, 3.05) is 0 Å². The lowest BCUT2D eigenvalue weighted by atomic mass is 10.1. The zero-order chi connectivity index (χ0) is 28.8. The fourth-order valence-corrected chi connectivity index (χ4v) is 5.71. The van der Waals surface area contributed by atoms with Gasteiger partial charge in [0, 0.05) is 0 Å². The molecular weight excluding hydrogens is 579 g/mol. The number of nitrogens with zero attached hydrogens (tertiary/aromatic N) is 2. The predicted molar refractivity (Wildman–Crippen MR) is 164 cm³/mol. The van der Waals surface area contributed by atoms with Crippen LogP contribution < -0.4 is 4.74 Å². The molecule has 1 heterocycles. The first-order valence-electron chi connectivity index (χ1n) is 12.6. The van der Waals surface area contributed by atoms with Crippen molar-refractivity contribution in [3.63, 3.8) is 0 Å². The summed E-state index contributed by atoms with van der Waals surface area (Å²) in [5.41, 5.74) is 3.66. The van der Waals surface area contributed by atoms with E-state index in [0.717, 1.165) is 16.7 Å². The Hall–Kier alpha value is -4.04. The molecule has 0 spiro atoms. The maximum absolute atomic E-state index is 13.5. The molecule has 0 radical (unpaired) electrons. The molecule has 0 bridgehead atoms. The Morgan fingerprint density at radius 1 is 0.878 bits per heavy atom. The Morgan fingerprint density at radius 3 is 2.10 bits per heavy atom. The monoisotopic (exact) mass is 602 g/mol. The van der Waals surface area contributed by atoms with Gasteiger partial charge >= 0.3 is 5.97 Å². The summed E-state index contributed by atoms with van der Waals surface area (Å²) in [5.74, 6) is -0.841. The molecule has 206 valence electrons. The first-order chi connectivity index (χ1) is 19.9. The Kier molecular flexibility index (Phi) is 9.09. The molecule has 0 unspecified atom stereocenters. The van der Waals surface area contributed by atoms with Gasteiger partial charge in [-0.1, -0.05) is 96.0 Å². The van der Waals surface area contributed by atoms with E-state index in [1.807, 2.05) is 60.7 Å². The first-order valence-corrected chi connectivity index (χ1v) is 14.2. The Bertz CT molecular complexity index is 1600. The number of amidine groups is 1. The number of thioether (sulfide) groups is 1. The standard InChI is InChI=1S/C32H24Cl2N2O4S/c33-26-15-24(16-27(34)29(26)40-20-23-11-13-25(14-12-23)31(38)39)17-28-30(37)36(19-22-9-5-2-6-10-22)32(41-28)35-18-21-7-3-1-4-8-21/h1-17H,18-20H2,(H,38,39)/b28-17+,35-32?. The van der Waals surface area contributed by atoms with Crippen LogP contribution in [0.3, 0.4) is 0 Å². The maximum atomic E-state index is 13.5. The minimum Gasteiger partial charge on any atom is -0.486 e. The van der Waals surface area contributed by atoms with Crippen molar-refractivity contribution in [1.29, 1.82) is 0 Å². The van der Waals surface area contributed by atoms with Gasteiger partial charge in [-0.3, -0.25) is 14.7 Å². The third kappa shape index (κ3) is 7.19. The van der Waals surface area contributed by atoms with Crippen LogP contribution in [0, 0.1) is 0 Å². The van der Waals surface area contributed by atoms with E-state index in [-0.39, 0.29) is 18.1 Å². The van der Waals surface area contributed by atoms with Gasteiger partial charge in [0.05, 0.1) is 33.6 Å². The zero-order valence-corrected chi connectivity index (χ0v) is 24.0. The number of aliphatic imine (C=N–C) groups is 1. The van der Waals surface area contributed by atoms with E-state index in [0.29, 0.717) is 44.5 Å². The highest BCUT2D eigenvalue weighted by atomic mass is 35.5. The number of hydrogen-bond acceptors (Lipinski definition) is 5. The van der Waals surface area contributed by atoms with Crippen molar-refractivity contribution in [3.05, 3.63) is 140 Å². The van der Waals surface area contributed by atoms with Crippen LogP contribution in [-0.2, 0) is 24.5 Å². The highest BCUT2D eigenvalue weighted by Crippen LogP contribution is 2.38. The van der Waals surface area contributed by atoms with Gasteiger partial charge in [0.15, 0.2) is 10.9 Å². The van der Waals surface area contributed by atoms with E-state index in [9.17, 15) is 9.59 Å². The highest BCUT2D eigenvalue weighted by Gasteiger charge is 2.33. The lowest BCUT2D eigenvalue weighted by molar-refractivity contribution is -0.122. The Labute approximate surface area is 251 Å². The van der Waals surface area contributed by atoms with E-state index >= 15 is 0 Å². The summed E-state index contributed by atoms with van der Waals surface area (Å²) in [6.45, 7) is 1.01. The van der Waals surface area contributed by atoms with Crippen molar-refractivity contribution >= 4 is 58.1 Å². The number of amides is 1. The smallest absolute Gasteiger partial charge is 0.335 e.